The van der Waals surface area contributed by atoms with Crippen molar-refractivity contribution in [3.63, 3.8) is 0 Å². The van der Waals surface area contributed by atoms with Crippen LogP contribution >= 0.6 is 0 Å². The van der Waals surface area contributed by atoms with E-state index in [0.29, 0.717) is 44.6 Å². The summed E-state index contributed by atoms with van der Waals surface area (Å²) < 4.78 is 16.1. The number of aromatic nitrogens is 2. The van der Waals surface area contributed by atoms with E-state index in [2.05, 4.69) is 51.8 Å². The summed E-state index contributed by atoms with van der Waals surface area (Å²) >= 11 is 0. The molecule has 0 bridgehead atoms. The first-order valence-electron chi connectivity index (χ1n) is 14.4. The lowest BCUT2D eigenvalue weighted by Crippen LogP contribution is -2.41. The van der Waals surface area contributed by atoms with Gasteiger partial charge in [-0.15, -0.1) is 0 Å². The van der Waals surface area contributed by atoms with Gasteiger partial charge in [-0.3, -0.25) is 4.90 Å². The molecule has 3 rings (SSSR count). The van der Waals surface area contributed by atoms with Crippen molar-refractivity contribution in [1.82, 2.24) is 20.2 Å². The lowest BCUT2D eigenvalue weighted by atomic mass is 10.00. The molecule has 2 N–H and O–H groups in total. The van der Waals surface area contributed by atoms with Crippen LogP contribution in [0, 0.1) is 0 Å². The fourth-order valence-corrected chi connectivity index (χ4v) is 4.57. The van der Waals surface area contributed by atoms with E-state index in [1.54, 1.807) is 18.2 Å². The van der Waals surface area contributed by atoms with Gasteiger partial charge in [-0.05, 0) is 58.6 Å². The molecule has 0 spiro atoms. The zero-order valence-corrected chi connectivity index (χ0v) is 25.5. The van der Waals surface area contributed by atoms with Crippen molar-refractivity contribution < 1.29 is 23.8 Å². The van der Waals surface area contributed by atoms with Gasteiger partial charge in [0.15, 0.2) is 0 Å². The summed E-state index contributed by atoms with van der Waals surface area (Å²) in [4.78, 5) is 37.0. The molecule has 1 aromatic carbocycles. The lowest BCUT2D eigenvalue weighted by Gasteiger charge is -2.28. The molecular formula is C30H46N6O5. The van der Waals surface area contributed by atoms with Crippen LogP contribution in [0.15, 0.2) is 30.5 Å². The zero-order valence-electron chi connectivity index (χ0n) is 25.5. The van der Waals surface area contributed by atoms with Crippen LogP contribution in [0.4, 0.5) is 21.4 Å². The third-order valence-corrected chi connectivity index (χ3v) is 6.70. The topological polar surface area (TPSA) is 118 Å². The van der Waals surface area contributed by atoms with Crippen LogP contribution in [0.1, 0.15) is 83.2 Å². The number of rotatable bonds is 14. The minimum atomic E-state index is -0.527. The quantitative estimate of drug-likeness (QED) is 0.306. The van der Waals surface area contributed by atoms with E-state index in [0.717, 1.165) is 29.5 Å². The number of nitrogens with zero attached hydrogens (tertiary/aromatic N) is 4. The van der Waals surface area contributed by atoms with Gasteiger partial charge in [0.2, 0.25) is 5.95 Å². The normalized spacial score (nSPS) is 14.6. The summed E-state index contributed by atoms with van der Waals surface area (Å²) in [6.07, 6.45) is 2.67. The van der Waals surface area contributed by atoms with Crippen LogP contribution in [0.2, 0.25) is 0 Å². The Hall–Kier alpha value is -3.44. The van der Waals surface area contributed by atoms with E-state index < -0.39 is 11.7 Å². The number of cyclic esters (lactones) is 1. The molecule has 0 radical (unpaired) electrons. The highest BCUT2D eigenvalue weighted by molar-refractivity contribution is 5.89. The number of carbonyl (C=O) groups is 2. The van der Waals surface area contributed by atoms with Gasteiger partial charge >= 0.3 is 12.2 Å². The second-order valence-electron chi connectivity index (χ2n) is 11.1. The van der Waals surface area contributed by atoms with E-state index >= 15 is 0 Å². The number of carbonyl (C=O) groups excluding carboxylic acids is 2. The molecule has 1 aliphatic rings. The van der Waals surface area contributed by atoms with E-state index in [9.17, 15) is 9.59 Å². The highest BCUT2D eigenvalue weighted by atomic mass is 16.6. The number of hydrogen-bond donors (Lipinski definition) is 2. The molecule has 41 heavy (non-hydrogen) atoms. The van der Waals surface area contributed by atoms with E-state index in [1.807, 2.05) is 34.6 Å². The van der Waals surface area contributed by atoms with Crippen LogP contribution in [-0.4, -0.2) is 72.6 Å². The maximum Gasteiger partial charge on any atom is 0.415 e. The molecule has 2 heterocycles. The molecule has 0 saturated carbocycles. The SMILES string of the molecule is CCCN(CCNC(CCOC)c1ccc([C@H](C)Nc2ncc3c(n2)N(CC)C(=O)OC3)cc1)C(=O)OC(C)(C)C. The second-order valence-corrected chi connectivity index (χ2v) is 11.1. The number of nitrogens with one attached hydrogen (secondary N) is 2. The highest BCUT2D eigenvalue weighted by Gasteiger charge is 2.27. The molecular weight excluding hydrogens is 524 g/mol. The average molecular weight is 571 g/mol. The van der Waals surface area contributed by atoms with Gasteiger partial charge in [-0.1, -0.05) is 31.2 Å². The van der Waals surface area contributed by atoms with Crippen molar-refractivity contribution in [1.29, 1.82) is 0 Å². The Bertz CT molecular complexity index is 1140. The fraction of sp³-hybridized carbons (Fsp3) is 0.600. The highest BCUT2D eigenvalue weighted by Crippen LogP contribution is 2.27. The Kier molecular flexibility index (Phi) is 11.7. The molecule has 0 aliphatic carbocycles. The molecule has 1 aromatic heterocycles. The summed E-state index contributed by atoms with van der Waals surface area (Å²) in [5.41, 5.74) is 2.47. The summed E-state index contributed by atoms with van der Waals surface area (Å²) in [6.45, 7) is 14.7. The van der Waals surface area contributed by atoms with Gasteiger partial charge in [0.05, 0.1) is 11.6 Å². The van der Waals surface area contributed by atoms with E-state index in [-0.39, 0.29) is 24.8 Å². The standard InChI is InChI=1S/C30H46N6O5/c1-8-16-35(28(37)41-30(4,5)6)17-15-31-25(14-18-39-7)23-12-10-22(11-13-23)21(3)33-27-32-19-24-20-40-29(38)36(9-2)26(24)34-27/h10-13,19,21,25,31H,8-9,14-18,20H2,1-7H3,(H,32,33,34)/t21-,25?/m0/s1. The number of benzene rings is 1. The third kappa shape index (κ3) is 9.29. The van der Waals surface area contributed by atoms with Gasteiger partial charge < -0.3 is 29.7 Å². The molecule has 11 heteroatoms. The number of ether oxygens (including phenoxy) is 3. The van der Waals surface area contributed by atoms with Crippen LogP contribution in [0.5, 0.6) is 0 Å². The molecule has 1 unspecified atom stereocenters. The maximum atomic E-state index is 12.6. The largest absolute Gasteiger partial charge is 0.444 e. The Labute approximate surface area is 244 Å². The fourth-order valence-electron chi connectivity index (χ4n) is 4.57. The number of amides is 2. The molecule has 11 nitrogen and oxygen atoms in total. The summed E-state index contributed by atoms with van der Waals surface area (Å²) in [7, 11) is 1.70. The average Bonchev–Trinajstić information content (AvgIpc) is 2.93. The molecule has 1 aliphatic heterocycles. The van der Waals surface area contributed by atoms with Crippen LogP contribution in [0.25, 0.3) is 0 Å². The van der Waals surface area contributed by atoms with Gasteiger partial charge in [0.25, 0.3) is 0 Å². The molecule has 2 aromatic rings. The zero-order chi connectivity index (χ0) is 30.0. The first-order valence-corrected chi connectivity index (χ1v) is 14.4. The van der Waals surface area contributed by atoms with Crippen molar-refractivity contribution >= 4 is 24.0 Å². The number of methoxy groups -OCH3 is 1. The number of fused-ring (bicyclic) bond motifs is 1. The first kappa shape index (κ1) is 32.1. The van der Waals surface area contributed by atoms with Crippen molar-refractivity contribution in [3.05, 3.63) is 47.2 Å². The smallest absolute Gasteiger partial charge is 0.415 e. The number of anilines is 2. The second kappa shape index (κ2) is 15.0. The lowest BCUT2D eigenvalue weighted by molar-refractivity contribution is 0.0250. The monoisotopic (exact) mass is 570 g/mol. The van der Waals surface area contributed by atoms with Crippen molar-refractivity contribution in [2.45, 2.75) is 78.7 Å². The first-order chi connectivity index (χ1) is 19.6. The van der Waals surface area contributed by atoms with Crippen molar-refractivity contribution in [2.75, 3.05) is 50.1 Å². The molecule has 2 atom stereocenters. The molecule has 226 valence electrons. The predicted octanol–water partition coefficient (Wildman–Crippen LogP) is 5.44. The third-order valence-electron chi connectivity index (χ3n) is 6.70. The van der Waals surface area contributed by atoms with Crippen molar-refractivity contribution in [2.24, 2.45) is 0 Å². The summed E-state index contributed by atoms with van der Waals surface area (Å²) in [5, 5.41) is 6.95. The summed E-state index contributed by atoms with van der Waals surface area (Å²) in [5.74, 6) is 1.04. The minimum Gasteiger partial charge on any atom is -0.444 e. The minimum absolute atomic E-state index is 0.0606. The van der Waals surface area contributed by atoms with Crippen LogP contribution in [-0.2, 0) is 20.8 Å². The van der Waals surface area contributed by atoms with Gasteiger partial charge in [0.1, 0.15) is 18.0 Å². The Morgan fingerprint density at radius 1 is 1.17 bits per heavy atom. The van der Waals surface area contributed by atoms with E-state index in [4.69, 9.17) is 14.2 Å². The van der Waals surface area contributed by atoms with E-state index in [1.165, 1.54) is 4.90 Å². The van der Waals surface area contributed by atoms with Gasteiger partial charge in [0, 0.05) is 52.1 Å². The predicted molar refractivity (Wildman–Crippen MR) is 159 cm³/mol. The Morgan fingerprint density at radius 2 is 1.88 bits per heavy atom. The van der Waals surface area contributed by atoms with Gasteiger partial charge in [-0.2, -0.15) is 4.98 Å². The van der Waals surface area contributed by atoms with Crippen LogP contribution in [0.3, 0.4) is 0 Å². The van der Waals surface area contributed by atoms with Crippen molar-refractivity contribution in [3.8, 4) is 0 Å². The maximum absolute atomic E-state index is 12.6. The van der Waals surface area contributed by atoms with Gasteiger partial charge in [-0.25, -0.2) is 14.6 Å². The Balaban J connectivity index is 1.64. The summed E-state index contributed by atoms with van der Waals surface area (Å²) in [6, 6.07) is 8.41. The Morgan fingerprint density at radius 3 is 2.51 bits per heavy atom. The molecule has 0 saturated heterocycles. The van der Waals surface area contributed by atoms with Crippen LogP contribution < -0.4 is 15.5 Å². The molecule has 0 fully saturated rings. The molecule has 2 amide bonds. The number of hydrogen-bond acceptors (Lipinski definition) is 9.